The number of hydrogen-bond donors (Lipinski definition) is 1. The molecule has 0 spiro atoms. The number of sulfonamides is 1. The molecule has 0 atom stereocenters. The zero-order valence-corrected chi connectivity index (χ0v) is 25.6. The highest BCUT2D eigenvalue weighted by atomic mass is 32.2. The number of rotatable bonds is 9. The van der Waals surface area contributed by atoms with Gasteiger partial charge in [-0.25, -0.2) is 12.8 Å². The number of halogens is 1. The maximum Gasteiger partial charge on any atom is 0.264 e. The second kappa shape index (κ2) is 13.7. The van der Waals surface area contributed by atoms with Crippen molar-refractivity contribution in [2.45, 2.75) is 56.4 Å². The van der Waals surface area contributed by atoms with E-state index in [-0.39, 0.29) is 16.6 Å². The van der Waals surface area contributed by atoms with E-state index in [0.29, 0.717) is 66.9 Å². The van der Waals surface area contributed by atoms with Crippen molar-refractivity contribution in [2.24, 2.45) is 4.99 Å². The first-order valence-corrected chi connectivity index (χ1v) is 16.4. The number of nitrogens with zero attached hydrogens (tertiary/aromatic N) is 3. The second-order valence-corrected chi connectivity index (χ2v) is 12.8. The molecular weight excluding hydrogens is 567 g/mol. The maximum absolute atomic E-state index is 14.4. The van der Waals surface area contributed by atoms with E-state index < -0.39 is 10.0 Å². The van der Waals surface area contributed by atoms with E-state index in [1.165, 1.54) is 19.6 Å². The van der Waals surface area contributed by atoms with E-state index in [0.717, 1.165) is 31.2 Å². The molecule has 2 fully saturated rings. The number of amides is 1. The van der Waals surface area contributed by atoms with Gasteiger partial charge in [-0.3, -0.25) is 19.4 Å². The monoisotopic (exact) mass is 606 g/mol. The summed E-state index contributed by atoms with van der Waals surface area (Å²) in [5.41, 5.74) is 2.93. The van der Waals surface area contributed by atoms with Crippen LogP contribution in [0, 0.1) is 5.82 Å². The van der Waals surface area contributed by atoms with Gasteiger partial charge in [0.15, 0.2) is 0 Å². The van der Waals surface area contributed by atoms with Gasteiger partial charge in [-0.2, -0.15) is 0 Å². The van der Waals surface area contributed by atoms with E-state index in [2.05, 4.69) is 14.6 Å². The van der Waals surface area contributed by atoms with Crippen LogP contribution in [0.3, 0.4) is 0 Å². The third-order valence-corrected chi connectivity index (χ3v) is 9.73. The molecule has 5 rings (SSSR count). The van der Waals surface area contributed by atoms with Crippen LogP contribution in [0.2, 0.25) is 0 Å². The number of para-hydroxylation sites is 1. The molecule has 10 heteroatoms. The fraction of sp³-hybridized carbons (Fsp3) is 0.394. The van der Waals surface area contributed by atoms with Crippen LogP contribution >= 0.6 is 0 Å². The molecular formula is C33H39FN4O4S. The van der Waals surface area contributed by atoms with Gasteiger partial charge in [0, 0.05) is 61.8 Å². The lowest BCUT2D eigenvalue weighted by Crippen LogP contribution is -2.48. The number of piperazine rings is 1. The summed E-state index contributed by atoms with van der Waals surface area (Å²) in [6.07, 6.45) is 7.20. The molecule has 1 N–H and O–H groups in total. The number of aliphatic imine (C=N–C) groups is 1. The number of hydrogen-bond acceptors (Lipinski definition) is 6. The fourth-order valence-corrected chi connectivity index (χ4v) is 7.21. The summed E-state index contributed by atoms with van der Waals surface area (Å²) < 4.78 is 49.2. The molecule has 3 aromatic carbocycles. The molecule has 0 unspecified atom stereocenters. The van der Waals surface area contributed by atoms with Crippen LogP contribution < -0.4 is 9.46 Å². The third kappa shape index (κ3) is 7.25. The van der Waals surface area contributed by atoms with Crippen LogP contribution in [-0.4, -0.2) is 63.6 Å². The van der Waals surface area contributed by atoms with Crippen LogP contribution in [-0.2, 0) is 16.6 Å². The molecule has 8 nitrogen and oxygen atoms in total. The van der Waals surface area contributed by atoms with Gasteiger partial charge in [0.05, 0.1) is 12.8 Å². The molecule has 3 aromatic rings. The van der Waals surface area contributed by atoms with Gasteiger partial charge < -0.3 is 9.64 Å². The molecule has 1 aliphatic heterocycles. The van der Waals surface area contributed by atoms with Crippen molar-refractivity contribution in [1.82, 2.24) is 9.80 Å². The number of carbonyl (C=O) groups is 1. The SMILES string of the molecule is CC=Nc1c(C2CCCCC2)cccc1S(=O)(=O)Nc1ccc(C(=O)N2CCN(Cc3ccc(OC)cc3F)CC2)cc1. The van der Waals surface area contributed by atoms with Crippen LogP contribution in [0.25, 0.3) is 0 Å². The highest BCUT2D eigenvalue weighted by molar-refractivity contribution is 7.92. The predicted octanol–water partition coefficient (Wildman–Crippen LogP) is 6.36. The number of benzene rings is 3. The van der Waals surface area contributed by atoms with Gasteiger partial charge in [-0.1, -0.05) is 37.5 Å². The highest BCUT2D eigenvalue weighted by Crippen LogP contribution is 2.40. The van der Waals surface area contributed by atoms with Gasteiger partial charge in [0.1, 0.15) is 16.5 Å². The van der Waals surface area contributed by atoms with Crippen molar-refractivity contribution >= 4 is 33.5 Å². The summed E-state index contributed by atoms with van der Waals surface area (Å²) in [7, 11) is -2.41. The summed E-state index contributed by atoms with van der Waals surface area (Å²) in [5, 5.41) is 0. The Morgan fingerprint density at radius 2 is 1.74 bits per heavy atom. The Bertz CT molecular complexity index is 1560. The predicted molar refractivity (Wildman–Crippen MR) is 167 cm³/mol. The van der Waals surface area contributed by atoms with Crippen LogP contribution in [0.5, 0.6) is 5.75 Å². The van der Waals surface area contributed by atoms with Crippen LogP contribution in [0.1, 0.15) is 66.4 Å². The number of carbonyl (C=O) groups excluding carboxylic acids is 1. The van der Waals surface area contributed by atoms with Crippen LogP contribution in [0.4, 0.5) is 15.8 Å². The number of methoxy groups -OCH3 is 1. The number of nitrogens with one attached hydrogen (secondary N) is 1. The zero-order valence-electron chi connectivity index (χ0n) is 24.8. The minimum atomic E-state index is -3.92. The molecule has 1 aliphatic carbocycles. The molecule has 0 radical (unpaired) electrons. The van der Waals surface area contributed by atoms with E-state index in [4.69, 9.17) is 4.74 Å². The average molecular weight is 607 g/mol. The van der Waals surface area contributed by atoms with Gasteiger partial charge in [0.25, 0.3) is 15.9 Å². The Balaban J connectivity index is 1.22. The molecule has 0 bridgehead atoms. The first-order valence-electron chi connectivity index (χ1n) is 14.9. The maximum atomic E-state index is 14.4. The fourth-order valence-electron chi connectivity index (χ4n) is 5.97. The number of anilines is 1. The van der Waals surface area contributed by atoms with E-state index >= 15 is 0 Å². The standard InChI is InChI=1S/C33H39FN4O4S/c1-3-35-32-29(24-8-5-4-6-9-24)10-7-11-31(32)43(40,41)36-27-15-12-25(13-16-27)33(39)38-20-18-37(19-21-38)23-26-14-17-28(42-2)22-30(26)34/h3,7,10-17,22,24,36H,4-6,8-9,18-21,23H2,1-2H3. The van der Waals surface area contributed by atoms with E-state index in [1.54, 1.807) is 66.6 Å². The summed E-state index contributed by atoms with van der Waals surface area (Å²) in [5.74, 6) is 0.359. The van der Waals surface area contributed by atoms with E-state index in [9.17, 15) is 17.6 Å². The van der Waals surface area contributed by atoms with Crippen molar-refractivity contribution in [3.8, 4) is 5.75 Å². The quantitative estimate of drug-likeness (QED) is 0.286. The van der Waals surface area contributed by atoms with E-state index in [1.807, 2.05) is 6.07 Å². The van der Waals surface area contributed by atoms with Crippen molar-refractivity contribution in [1.29, 1.82) is 0 Å². The van der Waals surface area contributed by atoms with Crippen molar-refractivity contribution in [2.75, 3.05) is 38.0 Å². The van der Waals surface area contributed by atoms with Crippen LogP contribution in [0.15, 0.2) is 70.6 Å². The first kappa shape index (κ1) is 30.7. The minimum Gasteiger partial charge on any atom is -0.497 e. The van der Waals surface area contributed by atoms with Gasteiger partial charge >= 0.3 is 0 Å². The van der Waals surface area contributed by atoms with Crippen molar-refractivity contribution < 1.29 is 22.3 Å². The lowest BCUT2D eigenvalue weighted by molar-refractivity contribution is 0.0627. The molecule has 1 saturated carbocycles. The lowest BCUT2D eigenvalue weighted by atomic mass is 9.83. The molecule has 1 saturated heterocycles. The Hall–Kier alpha value is -3.76. The minimum absolute atomic E-state index is 0.121. The van der Waals surface area contributed by atoms with Gasteiger partial charge in [-0.05, 0) is 67.6 Å². The first-order chi connectivity index (χ1) is 20.8. The molecule has 0 aromatic heterocycles. The third-order valence-electron chi connectivity index (χ3n) is 8.32. The number of ether oxygens (including phenoxy) is 1. The Kier molecular flexibility index (Phi) is 9.77. The Labute approximate surface area is 253 Å². The Morgan fingerprint density at radius 3 is 2.40 bits per heavy atom. The zero-order chi connectivity index (χ0) is 30.4. The summed E-state index contributed by atoms with van der Waals surface area (Å²) >= 11 is 0. The largest absolute Gasteiger partial charge is 0.497 e. The van der Waals surface area contributed by atoms with Gasteiger partial charge in [-0.15, -0.1) is 0 Å². The molecule has 1 amide bonds. The van der Waals surface area contributed by atoms with Gasteiger partial charge in [0.2, 0.25) is 0 Å². The molecule has 2 aliphatic rings. The smallest absolute Gasteiger partial charge is 0.264 e. The molecule has 228 valence electrons. The Morgan fingerprint density at radius 1 is 1.02 bits per heavy atom. The lowest BCUT2D eigenvalue weighted by Gasteiger charge is -2.35. The average Bonchev–Trinajstić information content (AvgIpc) is 3.03. The molecule has 1 heterocycles. The normalized spacial score (nSPS) is 16.9. The highest BCUT2D eigenvalue weighted by Gasteiger charge is 2.26. The van der Waals surface area contributed by atoms with Crippen molar-refractivity contribution in [3.05, 3.63) is 83.2 Å². The second-order valence-electron chi connectivity index (χ2n) is 11.1. The summed E-state index contributed by atoms with van der Waals surface area (Å²) in [6.45, 7) is 4.53. The summed E-state index contributed by atoms with van der Waals surface area (Å²) in [6, 6.07) is 16.7. The topological polar surface area (TPSA) is 91.3 Å². The van der Waals surface area contributed by atoms with Crippen molar-refractivity contribution in [3.63, 3.8) is 0 Å². The summed E-state index contributed by atoms with van der Waals surface area (Å²) in [4.78, 5) is 21.7. The molecule has 43 heavy (non-hydrogen) atoms.